The van der Waals surface area contributed by atoms with Crippen molar-refractivity contribution in [2.45, 2.75) is 19.1 Å². The molecule has 0 saturated heterocycles. The lowest BCUT2D eigenvalue weighted by molar-refractivity contribution is -0.137. The lowest BCUT2D eigenvalue weighted by atomic mass is 10.1. The molecule has 6 heteroatoms. The van der Waals surface area contributed by atoms with E-state index < -0.39 is 11.7 Å². The van der Waals surface area contributed by atoms with Gasteiger partial charge in [-0.25, -0.2) is 0 Å². The smallest absolute Gasteiger partial charge is 0.349 e. The SMILES string of the molecule is CC(NC(=O)CBr)c1ccc(C(F)(F)F)cc1. The molecule has 0 saturated carbocycles. The van der Waals surface area contributed by atoms with E-state index in [0.29, 0.717) is 5.56 Å². The molecule has 1 atom stereocenters. The van der Waals surface area contributed by atoms with Gasteiger partial charge in [0, 0.05) is 0 Å². The van der Waals surface area contributed by atoms with E-state index in [1.165, 1.54) is 12.1 Å². The first-order chi connectivity index (χ1) is 7.84. The Balaban J connectivity index is 2.77. The fraction of sp³-hybridized carbons (Fsp3) is 0.364. The summed E-state index contributed by atoms with van der Waals surface area (Å²) in [4.78, 5) is 11.1. The van der Waals surface area contributed by atoms with Gasteiger partial charge in [0.2, 0.25) is 5.91 Å². The highest BCUT2D eigenvalue weighted by Crippen LogP contribution is 2.29. The van der Waals surface area contributed by atoms with Crippen LogP contribution in [0.5, 0.6) is 0 Å². The molecule has 0 radical (unpaired) electrons. The number of carbonyl (C=O) groups is 1. The van der Waals surface area contributed by atoms with E-state index in [1.807, 2.05) is 0 Å². The second-order valence-electron chi connectivity index (χ2n) is 3.54. The Morgan fingerprint density at radius 1 is 1.35 bits per heavy atom. The molecule has 0 heterocycles. The molecule has 0 aliphatic heterocycles. The summed E-state index contributed by atoms with van der Waals surface area (Å²) in [6.07, 6.45) is -4.33. The molecule has 0 fully saturated rings. The maximum Gasteiger partial charge on any atom is 0.416 e. The van der Waals surface area contributed by atoms with E-state index in [9.17, 15) is 18.0 Å². The Bertz CT molecular complexity index is 389. The van der Waals surface area contributed by atoms with E-state index in [4.69, 9.17) is 0 Å². The molecule has 1 unspecified atom stereocenters. The maximum atomic E-state index is 12.3. The standard InChI is InChI=1S/C11H11BrF3NO/c1-7(16-10(17)6-12)8-2-4-9(5-3-8)11(13,14)15/h2-5,7H,6H2,1H3,(H,16,17). The highest BCUT2D eigenvalue weighted by atomic mass is 79.9. The summed E-state index contributed by atoms with van der Waals surface area (Å²) >= 11 is 2.99. The predicted octanol–water partition coefficient (Wildman–Crippen LogP) is 3.28. The molecule has 1 N–H and O–H groups in total. The van der Waals surface area contributed by atoms with Crippen molar-refractivity contribution in [3.05, 3.63) is 35.4 Å². The summed E-state index contributed by atoms with van der Waals surface area (Å²) < 4.78 is 36.9. The first-order valence-corrected chi connectivity index (χ1v) is 5.99. The Kier molecular flexibility index (Phi) is 4.56. The van der Waals surface area contributed by atoms with Gasteiger partial charge in [-0.2, -0.15) is 13.2 Å². The third-order valence-corrected chi connectivity index (χ3v) is 2.75. The van der Waals surface area contributed by atoms with Crippen LogP contribution in [0.2, 0.25) is 0 Å². The van der Waals surface area contributed by atoms with Crippen molar-refractivity contribution in [2.24, 2.45) is 0 Å². The zero-order valence-electron chi connectivity index (χ0n) is 9.01. The minimum Gasteiger partial charge on any atom is -0.349 e. The Morgan fingerprint density at radius 2 is 1.88 bits per heavy atom. The largest absolute Gasteiger partial charge is 0.416 e. The van der Waals surface area contributed by atoms with Gasteiger partial charge in [-0.1, -0.05) is 28.1 Å². The number of hydrogen-bond acceptors (Lipinski definition) is 1. The number of benzene rings is 1. The van der Waals surface area contributed by atoms with Crippen LogP contribution in [-0.4, -0.2) is 11.2 Å². The molecule has 0 bridgehead atoms. The molecule has 2 nitrogen and oxygen atoms in total. The van der Waals surface area contributed by atoms with E-state index in [2.05, 4.69) is 21.2 Å². The van der Waals surface area contributed by atoms with E-state index in [-0.39, 0.29) is 17.3 Å². The number of halogens is 4. The van der Waals surface area contributed by atoms with Gasteiger partial charge >= 0.3 is 6.18 Å². The quantitative estimate of drug-likeness (QED) is 0.853. The normalized spacial score (nSPS) is 13.2. The van der Waals surface area contributed by atoms with Gasteiger partial charge in [-0.15, -0.1) is 0 Å². The van der Waals surface area contributed by atoms with Crippen molar-refractivity contribution in [1.82, 2.24) is 5.32 Å². The summed E-state index contributed by atoms with van der Waals surface area (Å²) in [5, 5.41) is 2.80. The highest BCUT2D eigenvalue weighted by molar-refractivity contribution is 9.09. The molecule has 0 aliphatic carbocycles. The second kappa shape index (κ2) is 5.53. The Hall–Kier alpha value is -1.04. The Morgan fingerprint density at radius 3 is 2.29 bits per heavy atom. The van der Waals surface area contributed by atoms with Gasteiger partial charge in [0.25, 0.3) is 0 Å². The van der Waals surface area contributed by atoms with Crippen LogP contribution in [0.3, 0.4) is 0 Å². The molecule has 17 heavy (non-hydrogen) atoms. The van der Waals surface area contributed by atoms with Gasteiger partial charge in [-0.3, -0.25) is 4.79 Å². The molecule has 0 spiro atoms. The van der Waals surface area contributed by atoms with Crippen molar-refractivity contribution in [1.29, 1.82) is 0 Å². The molecular formula is C11H11BrF3NO. The van der Waals surface area contributed by atoms with Crippen LogP contribution in [0.4, 0.5) is 13.2 Å². The zero-order chi connectivity index (χ0) is 13.1. The lowest BCUT2D eigenvalue weighted by Crippen LogP contribution is -2.27. The molecule has 1 aromatic carbocycles. The van der Waals surface area contributed by atoms with Crippen molar-refractivity contribution < 1.29 is 18.0 Å². The zero-order valence-corrected chi connectivity index (χ0v) is 10.6. The number of amides is 1. The molecule has 0 aromatic heterocycles. The monoisotopic (exact) mass is 309 g/mol. The summed E-state index contributed by atoms with van der Waals surface area (Å²) in [6.45, 7) is 1.71. The minimum atomic E-state index is -4.33. The number of hydrogen-bond donors (Lipinski definition) is 1. The fourth-order valence-electron chi connectivity index (χ4n) is 1.32. The average molecular weight is 310 g/mol. The molecule has 0 aliphatic rings. The highest BCUT2D eigenvalue weighted by Gasteiger charge is 2.30. The second-order valence-corrected chi connectivity index (χ2v) is 4.10. The van der Waals surface area contributed by atoms with E-state index in [0.717, 1.165) is 12.1 Å². The van der Waals surface area contributed by atoms with Crippen LogP contribution in [-0.2, 0) is 11.0 Å². The van der Waals surface area contributed by atoms with Crippen molar-refractivity contribution >= 4 is 21.8 Å². The van der Waals surface area contributed by atoms with Gasteiger partial charge < -0.3 is 5.32 Å². The van der Waals surface area contributed by atoms with Crippen LogP contribution >= 0.6 is 15.9 Å². The van der Waals surface area contributed by atoms with Crippen LogP contribution in [0.15, 0.2) is 24.3 Å². The number of alkyl halides is 4. The lowest BCUT2D eigenvalue weighted by Gasteiger charge is -2.14. The summed E-state index contributed by atoms with van der Waals surface area (Å²) in [7, 11) is 0. The first-order valence-electron chi connectivity index (χ1n) is 4.87. The number of nitrogens with one attached hydrogen (secondary N) is 1. The van der Waals surface area contributed by atoms with Crippen LogP contribution in [0.1, 0.15) is 24.1 Å². The van der Waals surface area contributed by atoms with Crippen molar-refractivity contribution in [3.63, 3.8) is 0 Å². The molecular weight excluding hydrogens is 299 g/mol. The van der Waals surface area contributed by atoms with Gasteiger partial charge in [0.1, 0.15) is 0 Å². The molecule has 1 rings (SSSR count). The first kappa shape index (κ1) is 14.0. The van der Waals surface area contributed by atoms with Crippen LogP contribution in [0, 0.1) is 0 Å². The van der Waals surface area contributed by atoms with E-state index >= 15 is 0 Å². The summed E-state index contributed by atoms with van der Waals surface area (Å²) in [5.41, 5.74) is -0.0624. The topological polar surface area (TPSA) is 29.1 Å². The summed E-state index contributed by atoms with van der Waals surface area (Å²) in [6, 6.07) is 4.42. The van der Waals surface area contributed by atoms with Crippen LogP contribution in [0.25, 0.3) is 0 Å². The molecule has 94 valence electrons. The Labute approximate surface area is 105 Å². The van der Waals surface area contributed by atoms with Crippen molar-refractivity contribution in [2.75, 3.05) is 5.33 Å². The predicted molar refractivity (Wildman–Crippen MR) is 61.8 cm³/mol. The number of carbonyl (C=O) groups excluding carboxylic acids is 1. The fourth-order valence-corrected chi connectivity index (χ4v) is 1.49. The van der Waals surface area contributed by atoms with Crippen LogP contribution < -0.4 is 5.32 Å². The summed E-state index contributed by atoms with van der Waals surface area (Å²) in [5.74, 6) is -0.211. The third-order valence-electron chi connectivity index (χ3n) is 2.24. The van der Waals surface area contributed by atoms with Gasteiger partial charge in [-0.05, 0) is 24.6 Å². The maximum absolute atomic E-state index is 12.3. The van der Waals surface area contributed by atoms with E-state index in [1.54, 1.807) is 6.92 Å². The third kappa shape index (κ3) is 4.03. The molecule has 1 aromatic rings. The van der Waals surface area contributed by atoms with Gasteiger partial charge in [0.05, 0.1) is 16.9 Å². The van der Waals surface area contributed by atoms with Gasteiger partial charge in [0.15, 0.2) is 0 Å². The molecule has 1 amide bonds. The number of rotatable bonds is 3. The van der Waals surface area contributed by atoms with Crippen molar-refractivity contribution in [3.8, 4) is 0 Å². The average Bonchev–Trinajstić information content (AvgIpc) is 2.27. The minimum absolute atomic E-state index is 0.165.